The van der Waals surface area contributed by atoms with Crippen LogP contribution < -0.4 is 5.32 Å². The molecule has 2 aliphatic heterocycles. The van der Waals surface area contributed by atoms with Gasteiger partial charge in [-0.15, -0.1) is 5.10 Å². The normalized spacial score (nSPS) is 22.5. The number of alkyl halides is 3. The molecule has 1 aromatic heterocycles. The SMILES string of the molecule is Cn1nnnc1SC[C@@H]1C[C@H](c2ccc(CO)cc2)O[C@H](c2ccc(CNC(=O)[C@@H]3CCCN3C(=O)C(F)(F)F)cc2)O1. The predicted octanol–water partition coefficient (Wildman–Crippen LogP) is 3.21. The van der Waals surface area contributed by atoms with Crippen LogP contribution >= 0.6 is 11.8 Å². The summed E-state index contributed by atoms with van der Waals surface area (Å²) in [5, 5.41) is 24.3. The van der Waals surface area contributed by atoms with Crippen LogP contribution in [0.25, 0.3) is 0 Å². The quantitative estimate of drug-likeness (QED) is 0.346. The Bertz CT molecular complexity index is 1410. The van der Waals surface area contributed by atoms with E-state index in [9.17, 15) is 27.9 Å². The molecule has 0 bridgehead atoms. The van der Waals surface area contributed by atoms with Gasteiger partial charge >= 0.3 is 12.1 Å². The minimum absolute atomic E-state index is 0.0556. The number of likely N-dealkylation sites (tertiary alicyclic amines) is 1. The van der Waals surface area contributed by atoms with Gasteiger partial charge in [0.1, 0.15) is 6.04 Å². The maximum absolute atomic E-state index is 12.9. The predicted molar refractivity (Wildman–Crippen MR) is 147 cm³/mol. The van der Waals surface area contributed by atoms with E-state index in [0.717, 1.165) is 22.3 Å². The smallest absolute Gasteiger partial charge is 0.392 e. The Morgan fingerprint density at radius 3 is 2.42 bits per heavy atom. The van der Waals surface area contributed by atoms with Crippen LogP contribution in [0.5, 0.6) is 0 Å². The van der Waals surface area contributed by atoms with E-state index in [2.05, 4.69) is 20.8 Å². The second-order valence-electron chi connectivity index (χ2n) is 10.4. The molecule has 5 rings (SSSR count). The minimum Gasteiger partial charge on any atom is -0.392 e. The lowest BCUT2D eigenvalue weighted by Gasteiger charge is -2.36. The molecule has 2 saturated heterocycles. The highest BCUT2D eigenvalue weighted by Gasteiger charge is 2.47. The number of carbonyl (C=O) groups is 2. The minimum atomic E-state index is -5.02. The summed E-state index contributed by atoms with van der Waals surface area (Å²) in [5.41, 5.74) is 3.21. The maximum Gasteiger partial charge on any atom is 0.471 e. The standard InChI is InChI=1S/C28H31F3N6O5S/c1-36-27(33-34-35-36)43-16-21-13-23(19-8-6-18(15-38)7-9-19)42-25(41-21)20-10-4-17(5-11-20)14-32-24(39)22-3-2-12-37(22)26(40)28(29,30)31/h4-11,21-23,25,38H,2-3,12-16H2,1H3,(H,32,39)/t21-,22-,23+,25+/m0/s1. The van der Waals surface area contributed by atoms with E-state index in [1.54, 1.807) is 23.9 Å². The number of aryl methyl sites for hydroxylation is 1. The number of nitrogens with one attached hydrogen (secondary N) is 1. The zero-order chi connectivity index (χ0) is 30.6. The molecule has 2 aliphatic rings. The highest BCUT2D eigenvalue weighted by atomic mass is 32.2. The number of aliphatic hydroxyl groups excluding tert-OH is 1. The fourth-order valence-electron chi connectivity index (χ4n) is 5.08. The summed E-state index contributed by atoms with van der Waals surface area (Å²) in [6.45, 7) is -0.0745. The Balaban J connectivity index is 1.24. The molecule has 15 heteroatoms. The van der Waals surface area contributed by atoms with Gasteiger partial charge in [0.25, 0.3) is 0 Å². The lowest BCUT2D eigenvalue weighted by Crippen LogP contribution is -2.50. The number of halogens is 3. The van der Waals surface area contributed by atoms with Crippen molar-refractivity contribution in [2.45, 2.75) is 68.3 Å². The summed E-state index contributed by atoms with van der Waals surface area (Å²) in [7, 11) is 1.76. The molecule has 43 heavy (non-hydrogen) atoms. The van der Waals surface area contributed by atoms with E-state index in [0.29, 0.717) is 28.7 Å². The van der Waals surface area contributed by atoms with Crippen molar-refractivity contribution in [1.82, 2.24) is 30.4 Å². The van der Waals surface area contributed by atoms with Crippen LogP contribution in [0.1, 0.15) is 53.9 Å². The van der Waals surface area contributed by atoms with Gasteiger partial charge in [-0.25, -0.2) is 4.68 Å². The number of nitrogens with zero attached hydrogens (tertiary/aromatic N) is 5. The fourth-order valence-corrected chi connectivity index (χ4v) is 5.95. The molecule has 0 radical (unpaired) electrons. The summed E-state index contributed by atoms with van der Waals surface area (Å²) in [4.78, 5) is 24.9. The second kappa shape index (κ2) is 13.4. The van der Waals surface area contributed by atoms with Crippen molar-refractivity contribution < 1.29 is 37.3 Å². The van der Waals surface area contributed by atoms with Crippen molar-refractivity contribution in [3.8, 4) is 0 Å². The van der Waals surface area contributed by atoms with Gasteiger partial charge in [-0.3, -0.25) is 9.59 Å². The number of thioether (sulfide) groups is 1. The number of tetrazole rings is 1. The average Bonchev–Trinajstić information content (AvgIpc) is 3.67. The van der Waals surface area contributed by atoms with E-state index in [4.69, 9.17) is 9.47 Å². The van der Waals surface area contributed by atoms with Crippen LogP contribution in [-0.2, 0) is 39.3 Å². The lowest BCUT2D eigenvalue weighted by atomic mass is 10.0. The van der Waals surface area contributed by atoms with Gasteiger partial charge in [0.2, 0.25) is 11.1 Å². The number of benzene rings is 2. The van der Waals surface area contributed by atoms with Crippen LogP contribution in [0.4, 0.5) is 13.2 Å². The molecule has 2 N–H and O–H groups in total. The number of aliphatic hydroxyl groups is 1. The first kappa shape index (κ1) is 30.9. The zero-order valence-electron chi connectivity index (χ0n) is 23.2. The van der Waals surface area contributed by atoms with Crippen LogP contribution in [0.15, 0.2) is 53.7 Å². The molecule has 0 unspecified atom stereocenters. The Kier molecular flexibility index (Phi) is 9.64. The summed E-state index contributed by atoms with van der Waals surface area (Å²) >= 11 is 1.47. The van der Waals surface area contributed by atoms with Crippen LogP contribution in [0.2, 0.25) is 0 Å². The number of aromatic nitrogens is 4. The van der Waals surface area contributed by atoms with Crippen molar-refractivity contribution in [3.05, 3.63) is 70.8 Å². The van der Waals surface area contributed by atoms with Gasteiger partial charge in [0, 0.05) is 37.9 Å². The number of ether oxygens (including phenoxy) is 2. The van der Waals surface area contributed by atoms with Gasteiger partial charge in [0.05, 0.1) is 18.8 Å². The molecule has 2 fully saturated rings. The van der Waals surface area contributed by atoms with Gasteiger partial charge < -0.3 is 24.8 Å². The summed E-state index contributed by atoms with van der Waals surface area (Å²) in [6, 6.07) is 13.6. The Hall–Kier alpha value is -3.53. The third kappa shape index (κ3) is 7.52. The number of hydrogen-bond donors (Lipinski definition) is 2. The Morgan fingerprint density at radius 1 is 1.07 bits per heavy atom. The molecule has 3 aromatic rings. The first-order chi connectivity index (χ1) is 20.6. The molecule has 2 amide bonds. The first-order valence-corrected chi connectivity index (χ1v) is 14.7. The molecule has 11 nitrogen and oxygen atoms in total. The summed E-state index contributed by atoms with van der Waals surface area (Å²) in [6.07, 6.45) is -5.08. The molecule has 0 saturated carbocycles. The van der Waals surface area contributed by atoms with Crippen LogP contribution in [-0.4, -0.2) is 72.6 Å². The molecular weight excluding hydrogens is 589 g/mol. The first-order valence-electron chi connectivity index (χ1n) is 13.7. The van der Waals surface area contributed by atoms with E-state index in [1.807, 2.05) is 36.4 Å². The Morgan fingerprint density at radius 2 is 1.77 bits per heavy atom. The summed E-state index contributed by atoms with van der Waals surface area (Å²) < 4.78 is 53.0. The topological polar surface area (TPSA) is 132 Å². The van der Waals surface area contributed by atoms with Crippen molar-refractivity contribution in [2.24, 2.45) is 7.05 Å². The van der Waals surface area contributed by atoms with E-state index >= 15 is 0 Å². The molecule has 230 valence electrons. The Labute approximate surface area is 249 Å². The van der Waals surface area contributed by atoms with Gasteiger partial charge in [-0.2, -0.15) is 13.2 Å². The maximum atomic E-state index is 12.9. The fraction of sp³-hybridized carbons (Fsp3) is 0.464. The van der Waals surface area contributed by atoms with Crippen molar-refractivity contribution in [1.29, 1.82) is 0 Å². The molecular formula is C28H31F3N6O5S. The zero-order valence-corrected chi connectivity index (χ0v) is 24.1. The molecule has 0 aliphatic carbocycles. The van der Waals surface area contributed by atoms with E-state index < -0.39 is 30.3 Å². The van der Waals surface area contributed by atoms with Crippen LogP contribution in [0, 0.1) is 0 Å². The third-order valence-corrected chi connectivity index (χ3v) is 8.51. The average molecular weight is 621 g/mol. The lowest BCUT2D eigenvalue weighted by molar-refractivity contribution is -0.245. The number of amides is 2. The van der Waals surface area contributed by atoms with Crippen molar-refractivity contribution in [3.63, 3.8) is 0 Å². The number of rotatable bonds is 9. The molecule has 4 atom stereocenters. The number of carbonyl (C=O) groups excluding carboxylic acids is 2. The van der Waals surface area contributed by atoms with Gasteiger partial charge in [-0.05, 0) is 40.0 Å². The highest BCUT2D eigenvalue weighted by Crippen LogP contribution is 2.39. The van der Waals surface area contributed by atoms with Gasteiger partial charge in [0.15, 0.2) is 6.29 Å². The molecule has 0 spiro atoms. The van der Waals surface area contributed by atoms with Crippen molar-refractivity contribution >= 4 is 23.6 Å². The van der Waals surface area contributed by atoms with E-state index in [1.165, 1.54) is 11.8 Å². The van der Waals surface area contributed by atoms with E-state index in [-0.39, 0.29) is 38.3 Å². The van der Waals surface area contributed by atoms with Gasteiger partial charge in [-0.1, -0.05) is 60.3 Å². The van der Waals surface area contributed by atoms with Crippen molar-refractivity contribution in [2.75, 3.05) is 12.3 Å². The molecule has 3 heterocycles. The highest BCUT2D eigenvalue weighted by molar-refractivity contribution is 7.99. The largest absolute Gasteiger partial charge is 0.471 e. The van der Waals surface area contributed by atoms with Crippen LogP contribution in [0.3, 0.4) is 0 Å². The monoisotopic (exact) mass is 620 g/mol. The number of hydrogen-bond acceptors (Lipinski definition) is 9. The molecule has 2 aromatic carbocycles. The second-order valence-corrected chi connectivity index (χ2v) is 11.3. The third-order valence-electron chi connectivity index (χ3n) is 7.37. The summed E-state index contributed by atoms with van der Waals surface area (Å²) in [5.74, 6) is -2.03.